The van der Waals surface area contributed by atoms with Gasteiger partial charge in [0.1, 0.15) is 11.2 Å². The Morgan fingerprint density at radius 1 is 1.72 bits per heavy atom. The minimum atomic E-state index is -0.946. The third-order valence-electron chi connectivity index (χ3n) is 3.18. The molecule has 2 heterocycles. The highest BCUT2D eigenvalue weighted by Gasteiger charge is 2.41. The van der Waals surface area contributed by atoms with E-state index in [9.17, 15) is 4.79 Å². The summed E-state index contributed by atoms with van der Waals surface area (Å²) >= 11 is 0. The van der Waals surface area contributed by atoms with Crippen LogP contribution in [0.15, 0.2) is 6.20 Å². The van der Waals surface area contributed by atoms with Gasteiger partial charge in [0.05, 0.1) is 19.9 Å². The molecule has 0 saturated carbocycles. The summed E-state index contributed by atoms with van der Waals surface area (Å²) < 4.78 is 12.1. The molecule has 100 valence electrons. The van der Waals surface area contributed by atoms with Crippen molar-refractivity contribution in [3.05, 3.63) is 11.9 Å². The zero-order valence-electron chi connectivity index (χ0n) is 10.8. The maximum atomic E-state index is 12.6. The molecule has 1 fully saturated rings. The van der Waals surface area contributed by atoms with Crippen LogP contribution in [0.5, 0.6) is 5.75 Å². The zero-order chi connectivity index (χ0) is 13.2. The van der Waals surface area contributed by atoms with Gasteiger partial charge >= 0.3 is 0 Å². The summed E-state index contributed by atoms with van der Waals surface area (Å²) in [5, 5.41) is 4.17. The summed E-state index contributed by atoms with van der Waals surface area (Å²) in [6.45, 7) is 3.47. The van der Waals surface area contributed by atoms with Crippen molar-refractivity contribution in [3.63, 3.8) is 0 Å². The number of hydrogen-bond acceptors (Lipinski definition) is 5. The highest BCUT2D eigenvalue weighted by Crippen LogP contribution is 2.26. The quantitative estimate of drug-likeness (QED) is 0.777. The number of ether oxygens (including phenoxy) is 2. The normalized spacial score (nSPS) is 23.3. The average Bonchev–Trinajstić information content (AvgIpc) is 2.96. The SMILES string of the molecule is CCCn1ncc(OC)c1C(=O)C1(N)CCOC1. The van der Waals surface area contributed by atoms with E-state index in [1.54, 1.807) is 10.9 Å². The third-order valence-corrected chi connectivity index (χ3v) is 3.18. The third kappa shape index (κ3) is 2.13. The van der Waals surface area contributed by atoms with Crippen molar-refractivity contribution in [2.45, 2.75) is 31.8 Å². The molecule has 0 bridgehead atoms. The van der Waals surface area contributed by atoms with Crippen molar-refractivity contribution >= 4 is 5.78 Å². The predicted molar refractivity (Wildman–Crippen MR) is 65.8 cm³/mol. The van der Waals surface area contributed by atoms with Crippen LogP contribution in [0, 0.1) is 0 Å². The van der Waals surface area contributed by atoms with Gasteiger partial charge < -0.3 is 15.2 Å². The van der Waals surface area contributed by atoms with Crippen molar-refractivity contribution in [2.75, 3.05) is 20.3 Å². The molecule has 2 rings (SSSR count). The van der Waals surface area contributed by atoms with E-state index in [1.807, 2.05) is 6.92 Å². The topological polar surface area (TPSA) is 79.4 Å². The number of aromatic nitrogens is 2. The lowest BCUT2D eigenvalue weighted by Gasteiger charge is -2.20. The van der Waals surface area contributed by atoms with Gasteiger partial charge in [0.2, 0.25) is 5.78 Å². The van der Waals surface area contributed by atoms with E-state index in [4.69, 9.17) is 15.2 Å². The van der Waals surface area contributed by atoms with Crippen LogP contribution >= 0.6 is 0 Å². The number of nitrogens with two attached hydrogens (primary N) is 1. The monoisotopic (exact) mass is 253 g/mol. The minimum absolute atomic E-state index is 0.150. The molecule has 6 heteroatoms. The molecule has 0 aliphatic carbocycles. The van der Waals surface area contributed by atoms with E-state index in [0.717, 1.165) is 6.42 Å². The second-order valence-electron chi connectivity index (χ2n) is 4.57. The fourth-order valence-corrected chi connectivity index (χ4v) is 2.12. The minimum Gasteiger partial charge on any atom is -0.493 e. The summed E-state index contributed by atoms with van der Waals surface area (Å²) in [6, 6.07) is 0. The van der Waals surface area contributed by atoms with E-state index in [1.165, 1.54) is 7.11 Å². The lowest BCUT2D eigenvalue weighted by atomic mass is 9.92. The van der Waals surface area contributed by atoms with Crippen LogP contribution in [-0.4, -0.2) is 41.4 Å². The standard InChI is InChI=1S/C12H19N3O3/c1-3-5-15-10(9(17-2)7-14-15)11(16)12(13)4-6-18-8-12/h7H,3-6,8,13H2,1-2H3. The molecule has 0 aromatic carbocycles. The number of nitrogens with zero attached hydrogens (tertiary/aromatic N) is 2. The first-order valence-corrected chi connectivity index (χ1v) is 6.13. The smallest absolute Gasteiger partial charge is 0.206 e. The lowest BCUT2D eigenvalue weighted by molar-refractivity contribution is 0.0848. The predicted octanol–water partition coefficient (Wildman–Crippen LogP) is 0.602. The molecule has 2 N–H and O–H groups in total. The molecule has 1 aliphatic heterocycles. The van der Waals surface area contributed by atoms with Crippen molar-refractivity contribution in [3.8, 4) is 5.75 Å². The molecule has 1 unspecified atom stereocenters. The summed E-state index contributed by atoms with van der Waals surface area (Å²) in [5.74, 6) is 0.327. The number of hydrogen-bond donors (Lipinski definition) is 1. The highest BCUT2D eigenvalue weighted by molar-refractivity contribution is 6.04. The van der Waals surface area contributed by atoms with Crippen molar-refractivity contribution in [1.82, 2.24) is 9.78 Å². The largest absolute Gasteiger partial charge is 0.493 e. The van der Waals surface area contributed by atoms with Gasteiger partial charge in [0.25, 0.3) is 0 Å². The van der Waals surface area contributed by atoms with Crippen LogP contribution in [0.3, 0.4) is 0 Å². The maximum Gasteiger partial charge on any atom is 0.206 e. The first-order valence-electron chi connectivity index (χ1n) is 6.13. The van der Waals surface area contributed by atoms with Crippen LogP contribution in [-0.2, 0) is 11.3 Å². The van der Waals surface area contributed by atoms with Gasteiger partial charge in [0, 0.05) is 13.2 Å². The fraction of sp³-hybridized carbons (Fsp3) is 0.667. The molecule has 1 saturated heterocycles. The Hall–Kier alpha value is -1.40. The van der Waals surface area contributed by atoms with Crippen LogP contribution in [0.2, 0.25) is 0 Å². The first-order chi connectivity index (χ1) is 8.62. The Bertz CT molecular complexity index is 436. The molecular weight excluding hydrogens is 234 g/mol. The van der Waals surface area contributed by atoms with Crippen LogP contribution in [0.4, 0.5) is 0 Å². The van der Waals surface area contributed by atoms with Gasteiger partial charge in [-0.2, -0.15) is 5.10 Å². The van der Waals surface area contributed by atoms with E-state index >= 15 is 0 Å². The molecule has 6 nitrogen and oxygen atoms in total. The number of Topliss-reactive ketones (excluding diaryl/α,β-unsaturated/α-hetero) is 1. The maximum absolute atomic E-state index is 12.6. The van der Waals surface area contributed by atoms with Gasteiger partial charge in [-0.3, -0.25) is 9.48 Å². The van der Waals surface area contributed by atoms with E-state index in [2.05, 4.69) is 5.10 Å². The summed E-state index contributed by atoms with van der Waals surface area (Å²) in [5.41, 5.74) is 5.62. The number of carbonyl (C=O) groups is 1. The lowest BCUT2D eigenvalue weighted by Crippen LogP contribution is -2.49. The summed E-state index contributed by atoms with van der Waals surface area (Å²) in [6.07, 6.45) is 2.98. The van der Waals surface area contributed by atoms with E-state index in [0.29, 0.717) is 31.0 Å². The molecule has 18 heavy (non-hydrogen) atoms. The Kier molecular flexibility index (Phi) is 3.68. The molecule has 0 amide bonds. The molecule has 1 aromatic rings. The first kappa shape index (κ1) is 13.0. The zero-order valence-corrected chi connectivity index (χ0v) is 10.8. The van der Waals surface area contributed by atoms with Crippen molar-refractivity contribution in [2.24, 2.45) is 5.73 Å². The Labute approximate surface area is 106 Å². The number of aryl methyl sites for hydroxylation is 1. The molecular formula is C12H19N3O3. The van der Waals surface area contributed by atoms with Gasteiger partial charge in [-0.15, -0.1) is 0 Å². The molecule has 0 spiro atoms. The van der Waals surface area contributed by atoms with Crippen molar-refractivity contribution < 1.29 is 14.3 Å². The van der Waals surface area contributed by atoms with Gasteiger partial charge in [-0.25, -0.2) is 0 Å². The molecule has 1 aliphatic rings. The molecule has 0 radical (unpaired) electrons. The average molecular weight is 253 g/mol. The second-order valence-corrected chi connectivity index (χ2v) is 4.57. The second kappa shape index (κ2) is 5.07. The molecule has 1 atom stereocenters. The Morgan fingerprint density at radius 2 is 2.50 bits per heavy atom. The van der Waals surface area contributed by atoms with Crippen LogP contribution in [0.25, 0.3) is 0 Å². The molecule has 1 aromatic heterocycles. The summed E-state index contributed by atoms with van der Waals surface area (Å²) in [7, 11) is 1.53. The van der Waals surface area contributed by atoms with Gasteiger partial charge in [0.15, 0.2) is 5.75 Å². The summed E-state index contributed by atoms with van der Waals surface area (Å²) in [4.78, 5) is 12.6. The highest BCUT2D eigenvalue weighted by atomic mass is 16.5. The van der Waals surface area contributed by atoms with E-state index in [-0.39, 0.29) is 12.4 Å². The van der Waals surface area contributed by atoms with Gasteiger partial charge in [-0.05, 0) is 12.8 Å². The number of rotatable bonds is 5. The van der Waals surface area contributed by atoms with Crippen molar-refractivity contribution in [1.29, 1.82) is 0 Å². The number of ketones is 1. The number of carbonyl (C=O) groups excluding carboxylic acids is 1. The van der Waals surface area contributed by atoms with E-state index < -0.39 is 5.54 Å². The fourth-order valence-electron chi connectivity index (χ4n) is 2.12. The van der Waals surface area contributed by atoms with Crippen LogP contribution < -0.4 is 10.5 Å². The van der Waals surface area contributed by atoms with Gasteiger partial charge in [-0.1, -0.05) is 6.92 Å². The Morgan fingerprint density at radius 3 is 3.06 bits per heavy atom. The Balaban J connectivity index is 2.36. The van der Waals surface area contributed by atoms with Crippen LogP contribution in [0.1, 0.15) is 30.3 Å². The number of methoxy groups -OCH3 is 1.